The topological polar surface area (TPSA) is 21.3 Å². The van der Waals surface area contributed by atoms with Gasteiger partial charge >= 0.3 is 0 Å². The second-order valence-electron chi connectivity index (χ2n) is 4.17. The molecule has 1 unspecified atom stereocenters. The van der Waals surface area contributed by atoms with Crippen LogP contribution in [0.2, 0.25) is 0 Å². The predicted octanol–water partition coefficient (Wildman–Crippen LogP) is 2.79. The fourth-order valence-corrected chi connectivity index (χ4v) is 3.18. The molecule has 1 aliphatic rings. The van der Waals surface area contributed by atoms with Crippen LogP contribution >= 0.6 is 11.8 Å². The average Bonchev–Trinajstić information content (AvgIpc) is 2.38. The first-order valence-electron chi connectivity index (χ1n) is 5.86. The number of nitrogens with one attached hydrogen (secondary N) is 1. The van der Waals surface area contributed by atoms with E-state index in [1.54, 1.807) is 7.11 Å². The standard InChI is InChI=1S/C13H19NOS/c1-15-12-6-2-3-7-13(12)16-10-11-5-4-8-14-9-11/h2-3,6-7,11,14H,4-5,8-10H2,1H3. The molecule has 1 aromatic carbocycles. The molecule has 16 heavy (non-hydrogen) atoms. The minimum atomic E-state index is 0.809. The molecule has 1 fully saturated rings. The third kappa shape index (κ3) is 3.16. The summed E-state index contributed by atoms with van der Waals surface area (Å²) in [6.45, 7) is 2.36. The Balaban J connectivity index is 1.88. The monoisotopic (exact) mass is 237 g/mol. The molecule has 1 aliphatic heterocycles. The van der Waals surface area contributed by atoms with Gasteiger partial charge in [0.25, 0.3) is 0 Å². The summed E-state index contributed by atoms with van der Waals surface area (Å²) < 4.78 is 5.35. The quantitative estimate of drug-likeness (QED) is 0.814. The van der Waals surface area contributed by atoms with Crippen molar-refractivity contribution in [2.24, 2.45) is 5.92 Å². The molecule has 3 heteroatoms. The number of methoxy groups -OCH3 is 1. The normalized spacial score (nSPS) is 20.7. The molecule has 0 saturated carbocycles. The van der Waals surface area contributed by atoms with E-state index in [0.29, 0.717) is 0 Å². The Morgan fingerprint density at radius 2 is 2.31 bits per heavy atom. The summed E-state index contributed by atoms with van der Waals surface area (Å²) in [4.78, 5) is 1.26. The van der Waals surface area contributed by atoms with Gasteiger partial charge in [-0.15, -0.1) is 11.8 Å². The lowest BCUT2D eigenvalue weighted by atomic mass is 10.0. The van der Waals surface area contributed by atoms with Crippen LogP contribution in [-0.2, 0) is 0 Å². The molecule has 0 amide bonds. The Morgan fingerprint density at radius 3 is 3.06 bits per heavy atom. The van der Waals surface area contributed by atoms with Gasteiger partial charge in [-0.2, -0.15) is 0 Å². The van der Waals surface area contributed by atoms with E-state index in [4.69, 9.17) is 4.74 Å². The van der Waals surface area contributed by atoms with E-state index in [0.717, 1.165) is 11.7 Å². The number of thioether (sulfide) groups is 1. The molecular formula is C13H19NOS. The van der Waals surface area contributed by atoms with Crippen LogP contribution in [0, 0.1) is 5.92 Å². The van der Waals surface area contributed by atoms with E-state index in [2.05, 4.69) is 17.4 Å². The smallest absolute Gasteiger partial charge is 0.132 e. The maximum absolute atomic E-state index is 5.35. The van der Waals surface area contributed by atoms with Crippen molar-refractivity contribution in [1.82, 2.24) is 5.32 Å². The first-order valence-corrected chi connectivity index (χ1v) is 6.85. The molecule has 1 heterocycles. The summed E-state index contributed by atoms with van der Waals surface area (Å²) >= 11 is 1.91. The average molecular weight is 237 g/mol. The van der Waals surface area contributed by atoms with Crippen LogP contribution < -0.4 is 10.1 Å². The summed E-state index contributed by atoms with van der Waals surface area (Å²) in [6, 6.07) is 8.26. The Labute approximate surface area is 102 Å². The fourth-order valence-electron chi connectivity index (χ4n) is 2.01. The zero-order chi connectivity index (χ0) is 11.2. The second-order valence-corrected chi connectivity index (χ2v) is 5.24. The van der Waals surface area contributed by atoms with Gasteiger partial charge in [0.05, 0.1) is 7.11 Å². The minimum absolute atomic E-state index is 0.809. The van der Waals surface area contributed by atoms with Crippen LogP contribution in [0.25, 0.3) is 0 Å². The number of ether oxygens (including phenoxy) is 1. The molecule has 1 aromatic rings. The van der Waals surface area contributed by atoms with Crippen LogP contribution in [0.5, 0.6) is 5.75 Å². The number of hydrogen-bond donors (Lipinski definition) is 1. The van der Waals surface area contributed by atoms with Crippen LogP contribution in [0.3, 0.4) is 0 Å². The Bertz CT molecular complexity index is 323. The van der Waals surface area contributed by atoms with Gasteiger partial charge in [-0.3, -0.25) is 0 Å². The molecule has 0 bridgehead atoms. The second kappa shape index (κ2) is 6.16. The Morgan fingerprint density at radius 1 is 1.44 bits per heavy atom. The molecule has 0 radical (unpaired) electrons. The molecule has 1 saturated heterocycles. The maximum Gasteiger partial charge on any atom is 0.132 e. The van der Waals surface area contributed by atoms with Crippen LogP contribution in [0.1, 0.15) is 12.8 Å². The SMILES string of the molecule is COc1ccccc1SCC1CCCNC1. The maximum atomic E-state index is 5.35. The highest BCUT2D eigenvalue weighted by atomic mass is 32.2. The van der Waals surface area contributed by atoms with Crippen LogP contribution in [0.15, 0.2) is 29.2 Å². The van der Waals surface area contributed by atoms with Gasteiger partial charge in [-0.25, -0.2) is 0 Å². The van der Waals surface area contributed by atoms with Crippen molar-refractivity contribution in [3.8, 4) is 5.75 Å². The molecule has 0 spiro atoms. The number of rotatable bonds is 4. The molecule has 2 nitrogen and oxygen atoms in total. The lowest BCUT2D eigenvalue weighted by Crippen LogP contribution is -2.30. The van der Waals surface area contributed by atoms with E-state index in [1.807, 2.05) is 23.9 Å². The number of para-hydroxylation sites is 1. The number of benzene rings is 1. The lowest BCUT2D eigenvalue weighted by Gasteiger charge is -2.22. The van der Waals surface area contributed by atoms with E-state index in [1.165, 1.54) is 36.6 Å². The number of piperidine rings is 1. The molecule has 1 N–H and O–H groups in total. The summed E-state index contributed by atoms with van der Waals surface area (Å²) in [6.07, 6.45) is 2.67. The van der Waals surface area contributed by atoms with Crippen molar-refractivity contribution < 1.29 is 4.74 Å². The van der Waals surface area contributed by atoms with Gasteiger partial charge in [0, 0.05) is 10.6 Å². The largest absolute Gasteiger partial charge is 0.496 e. The van der Waals surface area contributed by atoms with E-state index in [-0.39, 0.29) is 0 Å². The summed E-state index contributed by atoms with van der Waals surface area (Å²) in [5, 5.41) is 3.46. The molecule has 2 rings (SSSR count). The summed E-state index contributed by atoms with van der Waals surface area (Å²) in [7, 11) is 1.74. The molecule has 88 valence electrons. The molecule has 0 aliphatic carbocycles. The van der Waals surface area contributed by atoms with Gasteiger partial charge in [0.2, 0.25) is 0 Å². The van der Waals surface area contributed by atoms with Crippen LogP contribution in [-0.4, -0.2) is 26.0 Å². The van der Waals surface area contributed by atoms with Gasteiger partial charge < -0.3 is 10.1 Å². The lowest BCUT2D eigenvalue weighted by molar-refractivity contribution is 0.402. The summed E-state index contributed by atoms with van der Waals surface area (Å²) in [5.41, 5.74) is 0. The molecule has 1 atom stereocenters. The highest BCUT2D eigenvalue weighted by Gasteiger charge is 2.13. The molecule has 0 aromatic heterocycles. The molecular weight excluding hydrogens is 218 g/mol. The van der Waals surface area contributed by atoms with Crippen LogP contribution in [0.4, 0.5) is 0 Å². The van der Waals surface area contributed by atoms with E-state index in [9.17, 15) is 0 Å². The highest BCUT2D eigenvalue weighted by molar-refractivity contribution is 7.99. The first kappa shape index (κ1) is 11.8. The zero-order valence-corrected chi connectivity index (χ0v) is 10.6. The van der Waals surface area contributed by atoms with Crippen molar-refractivity contribution >= 4 is 11.8 Å². The van der Waals surface area contributed by atoms with Crippen molar-refractivity contribution in [1.29, 1.82) is 0 Å². The van der Waals surface area contributed by atoms with Crippen molar-refractivity contribution in [3.63, 3.8) is 0 Å². The third-order valence-corrected chi connectivity index (χ3v) is 4.23. The zero-order valence-electron chi connectivity index (χ0n) is 9.74. The Hall–Kier alpha value is -0.670. The van der Waals surface area contributed by atoms with E-state index < -0.39 is 0 Å². The third-order valence-electron chi connectivity index (χ3n) is 2.94. The van der Waals surface area contributed by atoms with Gasteiger partial charge in [-0.1, -0.05) is 12.1 Å². The fraction of sp³-hybridized carbons (Fsp3) is 0.538. The predicted molar refractivity (Wildman–Crippen MR) is 69.3 cm³/mol. The van der Waals surface area contributed by atoms with E-state index >= 15 is 0 Å². The van der Waals surface area contributed by atoms with Crippen molar-refractivity contribution in [2.45, 2.75) is 17.7 Å². The van der Waals surface area contributed by atoms with Crippen molar-refractivity contribution in [2.75, 3.05) is 26.0 Å². The summed E-state index contributed by atoms with van der Waals surface area (Å²) in [5.74, 6) is 2.99. The first-order chi connectivity index (χ1) is 7.90. The van der Waals surface area contributed by atoms with Crippen molar-refractivity contribution in [3.05, 3.63) is 24.3 Å². The Kier molecular flexibility index (Phi) is 4.55. The minimum Gasteiger partial charge on any atom is -0.496 e. The number of hydrogen-bond acceptors (Lipinski definition) is 3. The van der Waals surface area contributed by atoms with Gasteiger partial charge in [-0.05, 0) is 44.0 Å². The van der Waals surface area contributed by atoms with Gasteiger partial charge in [0.1, 0.15) is 5.75 Å². The van der Waals surface area contributed by atoms with Gasteiger partial charge in [0.15, 0.2) is 0 Å². The highest BCUT2D eigenvalue weighted by Crippen LogP contribution is 2.31.